The minimum absolute atomic E-state index is 0.0148. The Kier molecular flexibility index (Phi) is 5.99. The van der Waals surface area contributed by atoms with Crippen LogP contribution in [0.5, 0.6) is 0 Å². The Morgan fingerprint density at radius 3 is 2.47 bits per heavy atom. The van der Waals surface area contributed by atoms with Gasteiger partial charge >= 0.3 is 5.82 Å². The van der Waals surface area contributed by atoms with E-state index in [1.54, 1.807) is 6.92 Å². The van der Waals surface area contributed by atoms with E-state index in [9.17, 15) is 20.3 Å². The highest BCUT2D eigenvalue weighted by Gasteiger charge is 2.27. The fourth-order valence-corrected chi connectivity index (χ4v) is 1.91. The van der Waals surface area contributed by atoms with Gasteiger partial charge in [0.15, 0.2) is 6.20 Å². The molecule has 0 spiro atoms. The van der Waals surface area contributed by atoms with Crippen LogP contribution in [0.3, 0.4) is 0 Å². The van der Waals surface area contributed by atoms with E-state index in [1.807, 2.05) is 0 Å². The van der Waals surface area contributed by atoms with Gasteiger partial charge in [0.25, 0.3) is 5.82 Å². The molecule has 19 heavy (non-hydrogen) atoms. The molecule has 0 aliphatic rings. The van der Waals surface area contributed by atoms with Crippen LogP contribution in [0, 0.1) is 17.0 Å². The van der Waals surface area contributed by atoms with Crippen LogP contribution in [0.2, 0.25) is 0 Å². The molecule has 0 aliphatic carbocycles. The van der Waals surface area contributed by atoms with E-state index in [2.05, 4.69) is 0 Å². The molecule has 0 radical (unpaired) electrons. The summed E-state index contributed by atoms with van der Waals surface area (Å²) in [5.74, 6) is 0.401. The fourth-order valence-electron chi connectivity index (χ4n) is 1.71. The molecule has 1 heterocycles. The normalized spacial score (nSPS) is 14.4. The largest absolute Gasteiger partial charge is 0.388 e. The molecule has 2 unspecified atom stereocenters. The quantitative estimate of drug-likeness (QED) is 0.325. The summed E-state index contributed by atoms with van der Waals surface area (Å²) in [5, 5.41) is 30.0. The standard InChI is InChI=1S/C10H16Cl2N3O4/c1-7-13(4-8(16)2-11)6-10(15(18)19)14(7)5-9(17)3-12/h6,8-9,16-17H,2-5H2,1H3/q+1. The summed E-state index contributed by atoms with van der Waals surface area (Å²) in [7, 11) is 0. The first-order valence-corrected chi connectivity index (χ1v) is 6.69. The van der Waals surface area contributed by atoms with Gasteiger partial charge < -0.3 is 20.3 Å². The number of aromatic nitrogens is 2. The molecule has 1 aromatic rings. The summed E-state index contributed by atoms with van der Waals surface area (Å²) in [6, 6.07) is 0. The average molecular weight is 313 g/mol. The van der Waals surface area contributed by atoms with E-state index >= 15 is 0 Å². The van der Waals surface area contributed by atoms with E-state index in [-0.39, 0.29) is 30.7 Å². The van der Waals surface area contributed by atoms with E-state index < -0.39 is 17.1 Å². The highest BCUT2D eigenvalue weighted by atomic mass is 35.5. The Bertz CT molecular complexity index is 452. The zero-order valence-electron chi connectivity index (χ0n) is 10.4. The molecule has 0 fully saturated rings. The van der Waals surface area contributed by atoms with Crippen LogP contribution in [0.25, 0.3) is 0 Å². The third-order valence-electron chi connectivity index (χ3n) is 2.70. The summed E-state index contributed by atoms with van der Waals surface area (Å²) in [4.78, 5) is 10.4. The molecule has 0 aliphatic heterocycles. The molecule has 2 N–H and O–H groups in total. The van der Waals surface area contributed by atoms with Crippen molar-refractivity contribution in [2.75, 3.05) is 11.8 Å². The predicted molar refractivity (Wildman–Crippen MR) is 69.5 cm³/mol. The first-order valence-electron chi connectivity index (χ1n) is 5.62. The van der Waals surface area contributed by atoms with Crippen LogP contribution in [0.1, 0.15) is 5.82 Å². The lowest BCUT2D eigenvalue weighted by molar-refractivity contribution is -0.709. The SMILES string of the molecule is Cc1n(CC(O)CCl)c([N+](=O)[O-])c[n+]1CC(O)CCl. The molecule has 0 amide bonds. The average Bonchev–Trinajstić information content (AvgIpc) is 2.67. The molecular formula is C10H16Cl2N3O4+. The lowest BCUT2D eigenvalue weighted by Gasteiger charge is -2.07. The number of aliphatic hydroxyl groups is 2. The van der Waals surface area contributed by atoms with Gasteiger partial charge in [0.05, 0.1) is 11.8 Å². The maximum absolute atomic E-state index is 11.0. The molecular weight excluding hydrogens is 297 g/mol. The molecule has 0 saturated heterocycles. The van der Waals surface area contributed by atoms with Crippen molar-refractivity contribution in [2.45, 2.75) is 32.2 Å². The number of aliphatic hydroxyl groups excluding tert-OH is 2. The van der Waals surface area contributed by atoms with Gasteiger partial charge in [-0.1, -0.05) is 0 Å². The number of hydrogen-bond donors (Lipinski definition) is 2. The van der Waals surface area contributed by atoms with E-state index in [0.717, 1.165) is 0 Å². The fraction of sp³-hybridized carbons (Fsp3) is 0.700. The van der Waals surface area contributed by atoms with Crippen LogP contribution >= 0.6 is 23.2 Å². The lowest BCUT2D eigenvalue weighted by atomic mass is 10.4. The molecule has 108 valence electrons. The number of hydrogen-bond acceptors (Lipinski definition) is 4. The van der Waals surface area contributed by atoms with Gasteiger partial charge in [-0.25, -0.2) is 4.57 Å². The van der Waals surface area contributed by atoms with E-state index in [1.165, 1.54) is 15.3 Å². The highest BCUT2D eigenvalue weighted by molar-refractivity contribution is 6.18. The second-order valence-electron chi connectivity index (χ2n) is 4.17. The number of halogens is 2. The van der Waals surface area contributed by atoms with Crippen LogP contribution in [-0.2, 0) is 13.1 Å². The van der Waals surface area contributed by atoms with Crippen molar-refractivity contribution in [3.63, 3.8) is 0 Å². The van der Waals surface area contributed by atoms with Gasteiger partial charge in [-0.2, -0.15) is 4.57 Å². The van der Waals surface area contributed by atoms with Crippen molar-refractivity contribution in [2.24, 2.45) is 0 Å². The van der Waals surface area contributed by atoms with Crippen molar-refractivity contribution in [1.29, 1.82) is 0 Å². The van der Waals surface area contributed by atoms with Crippen molar-refractivity contribution >= 4 is 29.0 Å². The summed E-state index contributed by atoms with van der Waals surface area (Å²) in [6.45, 7) is 1.84. The molecule has 9 heteroatoms. The van der Waals surface area contributed by atoms with E-state index in [0.29, 0.717) is 5.82 Å². The Morgan fingerprint density at radius 1 is 1.42 bits per heavy atom. The van der Waals surface area contributed by atoms with Gasteiger partial charge in [0.1, 0.15) is 25.3 Å². The molecule has 1 aromatic heterocycles. The first-order chi connectivity index (χ1) is 8.90. The van der Waals surface area contributed by atoms with Gasteiger partial charge in [-0.15, -0.1) is 23.2 Å². The number of nitrogens with zero attached hydrogens (tertiary/aromatic N) is 3. The molecule has 0 saturated carbocycles. The van der Waals surface area contributed by atoms with Crippen molar-refractivity contribution in [1.82, 2.24) is 4.57 Å². The topological polar surface area (TPSA) is 92.4 Å². The lowest BCUT2D eigenvalue weighted by Crippen LogP contribution is -2.42. The van der Waals surface area contributed by atoms with Crippen LogP contribution in [-0.4, -0.2) is 43.7 Å². The Morgan fingerprint density at radius 2 is 2.00 bits per heavy atom. The number of alkyl halides is 2. The molecule has 2 atom stereocenters. The summed E-state index contributed by atoms with van der Waals surface area (Å²) >= 11 is 11.0. The first kappa shape index (κ1) is 16.2. The summed E-state index contributed by atoms with van der Waals surface area (Å²) < 4.78 is 2.89. The van der Waals surface area contributed by atoms with Gasteiger partial charge in [0.2, 0.25) is 0 Å². The Labute approximate surface area is 120 Å². The third-order valence-corrected chi connectivity index (χ3v) is 3.41. The maximum Gasteiger partial charge on any atom is 0.365 e. The monoisotopic (exact) mass is 312 g/mol. The minimum Gasteiger partial charge on any atom is -0.388 e. The predicted octanol–water partition coefficient (Wildman–Crippen LogP) is 0.192. The summed E-state index contributed by atoms with van der Waals surface area (Å²) in [6.07, 6.45) is -0.358. The molecule has 1 rings (SSSR count). The van der Waals surface area contributed by atoms with Gasteiger partial charge in [0, 0.05) is 6.92 Å². The molecule has 0 aromatic carbocycles. The van der Waals surface area contributed by atoms with Crippen LogP contribution in [0.4, 0.5) is 5.82 Å². The van der Waals surface area contributed by atoms with Crippen molar-refractivity contribution in [3.8, 4) is 0 Å². The van der Waals surface area contributed by atoms with Crippen molar-refractivity contribution < 1.29 is 19.7 Å². The molecule has 0 bridgehead atoms. The number of rotatable bonds is 7. The highest BCUT2D eigenvalue weighted by Crippen LogP contribution is 2.14. The second-order valence-corrected chi connectivity index (χ2v) is 4.79. The Balaban J connectivity index is 3.09. The van der Waals surface area contributed by atoms with E-state index in [4.69, 9.17) is 23.2 Å². The number of nitro groups is 1. The third kappa shape index (κ3) is 4.04. The van der Waals surface area contributed by atoms with Crippen LogP contribution in [0.15, 0.2) is 6.20 Å². The molecule has 7 nitrogen and oxygen atoms in total. The van der Waals surface area contributed by atoms with Gasteiger partial charge in [-0.3, -0.25) is 0 Å². The van der Waals surface area contributed by atoms with Crippen molar-refractivity contribution in [3.05, 3.63) is 22.1 Å². The smallest absolute Gasteiger partial charge is 0.365 e. The number of imidazole rings is 1. The maximum atomic E-state index is 11.0. The van der Waals surface area contributed by atoms with Gasteiger partial charge in [-0.05, 0) is 4.92 Å². The minimum atomic E-state index is -0.877. The van der Waals surface area contributed by atoms with Crippen LogP contribution < -0.4 is 4.57 Å². The zero-order valence-corrected chi connectivity index (χ0v) is 11.9. The summed E-state index contributed by atoms with van der Waals surface area (Å²) in [5.41, 5.74) is 0. The Hall–Kier alpha value is -0.890. The second kappa shape index (κ2) is 7.04. The zero-order chi connectivity index (χ0) is 14.6.